The summed E-state index contributed by atoms with van der Waals surface area (Å²) in [6.07, 6.45) is 4.78. The lowest BCUT2D eigenvalue weighted by atomic mass is 9.89. The number of esters is 1. The minimum Gasteiger partial charge on any atom is -0.465 e. The minimum absolute atomic E-state index is 0.336. The summed E-state index contributed by atoms with van der Waals surface area (Å²) >= 11 is 1.30. The molecule has 0 spiro atoms. The zero-order valence-electron chi connectivity index (χ0n) is 15.1. The predicted octanol–water partition coefficient (Wildman–Crippen LogP) is 5.04. The number of aryl methyl sites for hydroxylation is 2. The molecule has 0 saturated heterocycles. The van der Waals surface area contributed by atoms with Gasteiger partial charge in [-0.1, -0.05) is 25.1 Å². The number of carbonyl (C=O) groups excluding carboxylic acids is 2. The molecule has 0 unspecified atom stereocenters. The first-order valence-electron chi connectivity index (χ1n) is 8.89. The topological polar surface area (TPSA) is 64.6 Å². The van der Waals surface area contributed by atoms with E-state index >= 15 is 0 Å². The average Bonchev–Trinajstić information content (AvgIpc) is 3.08. The molecule has 3 rings (SSSR count). The van der Waals surface area contributed by atoms with E-state index in [0.717, 1.165) is 30.4 Å². The lowest BCUT2D eigenvalue weighted by molar-refractivity contribution is 0.0603. The Morgan fingerprint density at radius 1 is 1.19 bits per heavy atom. The van der Waals surface area contributed by atoms with E-state index < -0.39 is 12.1 Å². The van der Waals surface area contributed by atoms with Crippen molar-refractivity contribution in [3.8, 4) is 11.1 Å². The number of carbonyl (C=O) groups is 2. The number of methoxy groups -OCH3 is 1. The van der Waals surface area contributed by atoms with Crippen LogP contribution in [0.4, 0.5) is 9.80 Å². The van der Waals surface area contributed by atoms with Gasteiger partial charge in [-0.3, -0.25) is 5.32 Å². The molecule has 0 fully saturated rings. The van der Waals surface area contributed by atoms with Crippen LogP contribution in [-0.2, 0) is 22.3 Å². The highest BCUT2D eigenvalue weighted by Crippen LogP contribution is 2.37. The molecular weight excluding hydrogens is 350 g/mol. The highest BCUT2D eigenvalue weighted by atomic mass is 32.1. The van der Waals surface area contributed by atoms with Crippen LogP contribution < -0.4 is 5.32 Å². The molecule has 0 radical (unpaired) electrons. The molecule has 0 aliphatic heterocycles. The van der Waals surface area contributed by atoms with Crippen LogP contribution in [0.25, 0.3) is 11.1 Å². The molecular formula is C20H23NO4S. The summed E-state index contributed by atoms with van der Waals surface area (Å²) < 4.78 is 10.0. The van der Waals surface area contributed by atoms with Gasteiger partial charge in [0.05, 0.1) is 13.7 Å². The molecule has 6 heteroatoms. The molecule has 1 aliphatic carbocycles. The summed E-state index contributed by atoms with van der Waals surface area (Å²) in [5.74, 6) is -0.468. The van der Waals surface area contributed by atoms with Crippen LogP contribution >= 0.6 is 11.3 Å². The molecule has 5 nitrogen and oxygen atoms in total. The molecule has 138 valence electrons. The van der Waals surface area contributed by atoms with Crippen molar-refractivity contribution in [2.45, 2.75) is 39.0 Å². The van der Waals surface area contributed by atoms with E-state index in [2.05, 4.69) is 17.4 Å². The van der Waals surface area contributed by atoms with Crippen molar-refractivity contribution in [3.63, 3.8) is 0 Å². The maximum atomic E-state index is 12.4. The Balaban J connectivity index is 1.94. The van der Waals surface area contributed by atoms with Crippen LogP contribution in [-0.4, -0.2) is 25.8 Å². The zero-order chi connectivity index (χ0) is 18.5. The highest BCUT2D eigenvalue weighted by Gasteiger charge is 2.23. The SMILES string of the molecule is CCCOC(=O)Nc1scc(-c2ccc3c(c2)CCCC3)c1C(=O)OC. The molecule has 0 saturated carbocycles. The van der Waals surface area contributed by atoms with Gasteiger partial charge in [-0.15, -0.1) is 11.3 Å². The molecule has 1 amide bonds. The van der Waals surface area contributed by atoms with Gasteiger partial charge < -0.3 is 9.47 Å². The average molecular weight is 373 g/mol. The van der Waals surface area contributed by atoms with Gasteiger partial charge in [0.2, 0.25) is 0 Å². The number of thiophene rings is 1. The minimum atomic E-state index is -0.559. The van der Waals surface area contributed by atoms with Crippen LogP contribution in [0.15, 0.2) is 23.6 Å². The predicted molar refractivity (Wildman–Crippen MR) is 103 cm³/mol. The van der Waals surface area contributed by atoms with Gasteiger partial charge in [-0.2, -0.15) is 0 Å². The van der Waals surface area contributed by atoms with Gasteiger partial charge in [-0.25, -0.2) is 9.59 Å². The highest BCUT2D eigenvalue weighted by molar-refractivity contribution is 7.15. The first kappa shape index (κ1) is 18.5. The summed E-state index contributed by atoms with van der Waals surface area (Å²) in [6, 6.07) is 6.34. The largest absolute Gasteiger partial charge is 0.465 e. The van der Waals surface area contributed by atoms with E-state index in [4.69, 9.17) is 9.47 Å². The van der Waals surface area contributed by atoms with Crippen LogP contribution in [0, 0.1) is 0 Å². The number of fused-ring (bicyclic) bond motifs is 1. The third-order valence-corrected chi connectivity index (χ3v) is 5.39. The molecule has 1 N–H and O–H groups in total. The number of hydrogen-bond acceptors (Lipinski definition) is 5. The Kier molecular flexibility index (Phi) is 5.93. The van der Waals surface area contributed by atoms with Gasteiger partial charge in [-0.05, 0) is 48.8 Å². The molecule has 0 bridgehead atoms. The fourth-order valence-corrected chi connectivity index (χ4v) is 4.13. The number of rotatable bonds is 5. The number of nitrogens with one attached hydrogen (secondary N) is 1. The number of anilines is 1. The maximum absolute atomic E-state index is 12.4. The molecule has 1 aromatic carbocycles. The van der Waals surface area contributed by atoms with Crippen LogP contribution in [0.5, 0.6) is 0 Å². The van der Waals surface area contributed by atoms with E-state index in [0.29, 0.717) is 17.2 Å². The Labute approximate surface area is 157 Å². The standard InChI is InChI=1S/C20H23NO4S/c1-3-10-25-20(23)21-18-17(19(22)24-2)16(12-26-18)15-9-8-13-6-4-5-7-14(13)11-15/h8-9,11-12H,3-7,10H2,1-2H3,(H,21,23). The Morgan fingerprint density at radius 2 is 1.96 bits per heavy atom. The number of benzene rings is 1. The second-order valence-corrected chi connectivity index (χ2v) is 7.18. The van der Waals surface area contributed by atoms with Crippen molar-refractivity contribution in [2.24, 2.45) is 0 Å². The third-order valence-electron chi connectivity index (χ3n) is 4.49. The van der Waals surface area contributed by atoms with Gasteiger partial charge in [0.25, 0.3) is 0 Å². The van der Waals surface area contributed by atoms with Crippen molar-refractivity contribution < 1.29 is 19.1 Å². The Bertz CT molecular complexity index is 812. The quantitative estimate of drug-likeness (QED) is 0.746. The molecule has 2 aromatic rings. The van der Waals surface area contributed by atoms with Gasteiger partial charge in [0.1, 0.15) is 10.6 Å². The van der Waals surface area contributed by atoms with Crippen molar-refractivity contribution in [3.05, 3.63) is 40.3 Å². The molecule has 1 aromatic heterocycles. The second-order valence-electron chi connectivity index (χ2n) is 6.30. The van der Waals surface area contributed by atoms with E-state index in [9.17, 15) is 9.59 Å². The summed E-state index contributed by atoms with van der Waals surface area (Å²) in [5, 5.41) is 5.00. The Hall–Kier alpha value is -2.34. The molecule has 1 heterocycles. The normalized spacial score (nSPS) is 13.0. The summed E-state index contributed by atoms with van der Waals surface area (Å²) in [4.78, 5) is 24.3. The summed E-state index contributed by atoms with van der Waals surface area (Å²) in [7, 11) is 1.34. The monoisotopic (exact) mass is 373 g/mol. The van der Waals surface area contributed by atoms with Crippen molar-refractivity contribution in [2.75, 3.05) is 19.0 Å². The summed E-state index contributed by atoms with van der Waals surface area (Å²) in [6.45, 7) is 2.26. The first-order valence-corrected chi connectivity index (χ1v) is 9.77. The van der Waals surface area contributed by atoms with Crippen LogP contribution in [0.3, 0.4) is 0 Å². The van der Waals surface area contributed by atoms with Crippen molar-refractivity contribution >= 4 is 28.4 Å². The zero-order valence-corrected chi connectivity index (χ0v) is 15.9. The lowest BCUT2D eigenvalue weighted by Crippen LogP contribution is -2.15. The van der Waals surface area contributed by atoms with Crippen LogP contribution in [0.2, 0.25) is 0 Å². The lowest BCUT2D eigenvalue weighted by Gasteiger charge is -2.16. The second kappa shape index (κ2) is 8.36. The summed E-state index contributed by atoms with van der Waals surface area (Å²) in [5.41, 5.74) is 4.85. The molecule has 0 atom stereocenters. The maximum Gasteiger partial charge on any atom is 0.412 e. The van der Waals surface area contributed by atoms with Gasteiger partial charge in [0, 0.05) is 10.9 Å². The van der Waals surface area contributed by atoms with E-state index in [1.807, 2.05) is 18.4 Å². The number of hydrogen-bond donors (Lipinski definition) is 1. The molecule has 26 heavy (non-hydrogen) atoms. The van der Waals surface area contributed by atoms with Gasteiger partial charge in [0.15, 0.2) is 0 Å². The Morgan fingerprint density at radius 3 is 2.69 bits per heavy atom. The first-order chi connectivity index (χ1) is 12.6. The van der Waals surface area contributed by atoms with E-state index in [1.54, 1.807) is 0 Å². The number of amides is 1. The fraction of sp³-hybridized carbons (Fsp3) is 0.400. The molecule has 1 aliphatic rings. The van der Waals surface area contributed by atoms with E-state index in [-0.39, 0.29) is 0 Å². The van der Waals surface area contributed by atoms with Crippen LogP contribution in [0.1, 0.15) is 47.7 Å². The van der Waals surface area contributed by atoms with E-state index in [1.165, 1.54) is 42.4 Å². The fourth-order valence-electron chi connectivity index (χ4n) is 3.19. The smallest absolute Gasteiger partial charge is 0.412 e. The van der Waals surface area contributed by atoms with Crippen molar-refractivity contribution in [1.29, 1.82) is 0 Å². The number of ether oxygens (including phenoxy) is 2. The third kappa shape index (κ3) is 3.90. The van der Waals surface area contributed by atoms with Gasteiger partial charge >= 0.3 is 12.1 Å². The van der Waals surface area contributed by atoms with Crippen molar-refractivity contribution in [1.82, 2.24) is 0 Å².